The summed E-state index contributed by atoms with van der Waals surface area (Å²) in [4.78, 5) is 21.3. The molecule has 1 aliphatic heterocycles. The molecule has 0 aromatic rings. The summed E-state index contributed by atoms with van der Waals surface area (Å²) < 4.78 is 31.1. The Morgan fingerprint density at radius 3 is 2.20 bits per heavy atom. The molecule has 1 unspecified atom stereocenters. The van der Waals surface area contributed by atoms with Gasteiger partial charge in [0.25, 0.3) is 5.91 Å². The molecule has 9 heteroatoms. The second kappa shape index (κ2) is 6.23. The maximum absolute atomic E-state index is 10.9. The van der Waals surface area contributed by atoms with E-state index in [9.17, 15) is 22.6 Å². The molecule has 3 aliphatic rings. The van der Waals surface area contributed by atoms with Crippen molar-refractivity contribution in [3.63, 3.8) is 0 Å². The Hall–Kier alpha value is -0.930. The van der Waals surface area contributed by atoms with Crippen LogP contribution < -0.4 is 34.9 Å². The second-order valence-corrected chi connectivity index (χ2v) is 5.46. The van der Waals surface area contributed by atoms with Gasteiger partial charge >= 0.3 is 29.6 Å². The van der Waals surface area contributed by atoms with Gasteiger partial charge in [0.05, 0.1) is 6.54 Å². The molecule has 0 radical (unpaired) electrons. The Bertz CT molecular complexity index is 629. The van der Waals surface area contributed by atoms with Gasteiger partial charge in [-0.3, -0.25) is 9.59 Å². The third-order valence-corrected chi connectivity index (χ3v) is 3.52. The summed E-state index contributed by atoms with van der Waals surface area (Å²) in [5, 5.41) is 2.20. The number of hydrogen-bond acceptors (Lipinski definition) is 5. The molecule has 1 atom stereocenters. The maximum Gasteiger partial charge on any atom is 1.00 e. The van der Waals surface area contributed by atoms with Crippen LogP contribution in [0.4, 0.5) is 0 Å². The van der Waals surface area contributed by atoms with Gasteiger partial charge in [0.15, 0.2) is 10.3 Å². The van der Waals surface area contributed by atoms with E-state index >= 15 is 0 Å². The van der Waals surface area contributed by atoms with Crippen molar-refractivity contribution >= 4 is 22.1 Å². The topological polar surface area (TPSA) is 107 Å². The van der Waals surface area contributed by atoms with E-state index < -0.39 is 28.2 Å². The number of benzene rings is 1. The second-order valence-electron chi connectivity index (χ2n) is 4.16. The first-order valence-corrected chi connectivity index (χ1v) is 6.80. The largest absolute Gasteiger partial charge is 1.00 e. The van der Waals surface area contributed by atoms with Crippen LogP contribution in [0.3, 0.4) is 0 Å². The summed E-state index contributed by atoms with van der Waals surface area (Å²) in [6.07, 6.45) is 0. The zero-order valence-electron chi connectivity index (χ0n) is 11.0. The minimum atomic E-state index is -4.70. The summed E-state index contributed by atoms with van der Waals surface area (Å²) in [6, 6.07) is 7.61. The first kappa shape index (κ1) is 17.1. The van der Waals surface area contributed by atoms with Crippen molar-refractivity contribution in [1.29, 1.82) is 0 Å². The van der Waals surface area contributed by atoms with Crippen molar-refractivity contribution in [2.75, 3.05) is 6.54 Å². The number of hydrogen-bond donors (Lipinski definition) is 1. The minimum absolute atomic E-state index is 0. The van der Waals surface area contributed by atoms with Gasteiger partial charge in [-0.15, -0.1) is 0 Å². The average molecular weight is 306 g/mol. The van der Waals surface area contributed by atoms with Gasteiger partial charge in [-0.1, -0.05) is 18.2 Å². The van der Waals surface area contributed by atoms with Crippen molar-refractivity contribution < 1.29 is 52.1 Å². The molecule has 20 heavy (non-hydrogen) atoms. The molecule has 2 aliphatic carbocycles. The van der Waals surface area contributed by atoms with Gasteiger partial charge in [0.2, 0.25) is 5.91 Å². The number of amides is 2. The van der Waals surface area contributed by atoms with E-state index in [0.717, 1.165) is 0 Å². The van der Waals surface area contributed by atoms with E-state index in [0.29, 0.717) is 0 Å². The maximum atomic E-state index is 10.9. The molecule has 1 fully saturated rings. The van der Waals surface area contributed by atoms with Gasteiger partial charge in [-0.2, -0.15) is 0 Å². The molecule has 0 bridgehead atoms. The molecule has 0 aromatic heterocycles. The zero-order valence-corrected chi connectivity index (χ0v) is 13.8. The van der Waals surface area contributed by atoms with Gasteiger partial charge in [0.1, 0.15) is 6.04 Å². The Morgan fingerprint density at radius 2 is 1.95 bits per heavy atom. The summed E-state index contributed by atoms with van der Waals surface area (Å²) >= 11 is 0. The molecular formula is C11H11N2NaO5S. The van der Waals surface area contributed by atoms with Gasteiger partial charge in [-0.25, -0.2) is 12.7 Å². The van der Waals surface area contributed by atoms with Crippen molar-refractivity contribution in [2.45, 2.75) is 13.0 Å². The predicted molar refractivity (Wildman–Crippen MR) is 64.5 cm³/mol. The van der Waals surface area contributed by atoms with Crippen LogP contribution in [0.15, 0.2) is 24.3 Å². The smallest absolute Gasteiger partial charge is 0.731 e. The molecule has 0 aromatic carbocycles. The minimum Gasteiger partial charge on any atom is -0.731 e. The number of carbonyl (C=O) groups excluding carboxylic acids is 2. The van der Waals surface area contributed by atoms with Crippen LogP contribution >= 0.6 is 0 Å². The average Bonchev–Trinajstić information content (AvgIpc) is 2.89. The van der Waals surface area contributed by atoms with Crippen LogP contribution in [-0.2, 0) is 19.9 Å². The Kier molecular flexibility index (Phi) is 5.33. The molecular weight excluding hydrogens is 295 g/mol. The standard InChI is InChI=1S/C6H4.C5H8N2O5S.Na/c1-2-5-4-6(5)3-1;1-3(8)6-4-2-7(5(4)9)13(10,11)12;/h1-4H;4H,2H2,1H3,(H,6,8)(H,10,11,12);/q;;+1/p-1. The van der Waals surface area contributed by atoms with E-state index in [-0.39, 0.29) is 40.4 Å². The molecule has 7 nitrogen and oxygen atoms in total. The number of carbonyl (C=O) groups is 2. The fraction of sp³-hybridized carbons (Fsp3) is 0.273. The van der Waals surface area contributed by atoms with Gasteiger partial charge in [-0.05, 0) is 17.2 Å². The van der Waals surface area contributed by atoms with Crippen molar-refractivity contribution in [3.05, 3.63) is 24.3 Å². The van der Waals surface area contributed by atoms with Crippen molar-refractivity contribution in [1.82, 2.24) is 9.62 Å². The van der Waals surface area contributed by atoms with E-state index in [2.05, 4.69) is 29.6 Å². The molecule has 2 amide bonds. The molecule has 0 spiro atoms. The number of nitrogens with one attached hydrogen (secondary N) is 1. The summed E-state index contributed by atoms with van der Waals surface area (Å²) in [6.45, 7) is 0.923. The normalized spacial score (nSPS) is 18.0. The molecule has 0 saturated carbocycles. The van der Waals surface area contributed by atoms with E-state index in [4.69, 9.17) is 0 Å². The SMILES string of the molecule is CC(=O)NC1CN(S(=O)(=O)[O-])C1=O.[Na+].c1cc2cc-2c1. The van der Waals surface area contributed by atoms with E-state index in [1.165, 1.54) is 18.1 Å². The monoisotopic (exact) mass is 306 g/mol. The Labute approximate surface area is 138 Å². The van der Waals surface area contributed by atoms with Crippen LogP contribution in [0, 0.1) is 0 Å². The molecule has 3 rings (SSSR count). The number of fused-ring (bicyclic) bond motifs is 1. The third-order valence-electron chi connectivity index (χ3n) is 2.65. The van der Waals surface area contributed by atoms with Crippen LogP contribution in [-0.4, -0.2) is 41.7 Å². The molecule has 1 saturated heterocycles. The van der Waals surface area contributed by atoms with E-state index in [1.54, 1.807) is 0 Å². The molecule has 102 valence electrons. The number of nitrogens with zero attached hydrogens (tertiary/aromatic N) is 1. The summed E-state index contributed by atoms with van der Waals surface area (Å²) in [5.41, 5.74) is 2.85. The third kappa shape index (κ3) is 4.03. The van der Waals surface area contributed by atoms with Gasteiger partial charge in [0, 0.05) is 6.92 Å². The zero-order chi connectivity index (χ0) is 14.2. The van der Waals surface area contributed by atoms with Gasteiger partial charge < -0.3 is 9.87 Å². The number of β-lactam (4-membered cyclic amide) rings is 1. The quantitative estimate of drug-likeness (QED) is 0.351. The van der Waals surface area contributed by atoms with Crippen LogP contribution in [0.25, 0.3) is 11.1 Å². The van der Waals surface area contributed by atoms with Crippen LogP contribution in [0.2, 0.25) is 0 Å². The predicted octanol–water partition coefficient (Wildman–Crippen LogP) is -3.54. The van der Waals surface area contributed by atoms with Crippen LogP contribution in [0.1, 0.15) is 6.92 Å². The molecule has 1 heterocycles. The molecule has 1 N–H and O–H groups in total. The van der Waals surface area contributed by atoms with Crippen molar-refractivity contribution in [3.8, 4) is 11.1 Å². The van der Waals surface area contributed by atoms with Crippen molar-refractivity contribution in [2.24, 2.45) is 0 Å². The fourth-order valence-electron chi connectivity index (χ4n) is 1.63. The number of rotatable bonds is 2. The first-order chi connectivity index (χ1) is 8.79. The van der Waals surface area contributed by atoms with Crippen LogP contribution in [0.5, 0.6) is 0 Å². The summed E-state index contributed by atoms with van der Waals surface area (Å²) in [7, 11) is -4.70. The Morgan fingerprint density at radius 1 is 1.40 bits per heavy atom. The van der Waals surface area contributed by atoms with E-state index in [1.807, 2.05) is 0 Å². The first-order valence-electron chi connectivity index (χ1n) is 5.44. The fourth-order valence-corrected chi connectivity index (χ4v) is 2.30. The summed E-state index contributed by atoms with van der Waals surface area (Å²) in [5.74, 6) is -1.33. The Balaban J connectivity index is 0.000000236.